The summed E-state index contributed by atoms with van der Waals surface area (Å²) >= 11 is 0. The van der Waals surface area contributed by atoms with E-state index in [9.17, 15) is 4.79 Å². The number of carbonyl (C=O) groups is 1. The Kier molecular flexibility index (Phi) is 6.63. The largest absolute Gasteiger partial charge is 0.497 e. The molecule has 2 N–H and O–H groups in total. The fraction of sp³-hybridized carbons (Fsp3) is 0.227. The molecule has 0 spiro atoms. The number of hydrogen-bond donors (Lipinski definition) is 2. The first-order valence-electron chi connectivity index (χ1n) is 9.25. The maximum absolute atomic E-state index is 11.5. The number of hydrogen-bond acceptors (Lipinski definition) is 7. The molecule has 7 heteroatoms. The Bertz CT molecular complexity index is 974. The van der Waals surface area contributed by atoms with E-state index in [0.717, 1.165) is 35.9 Å². The van der Waals surface area contributed by atoms with Gasteiger partial charge in [0.2, 0.25) is 5.95 Å². The van der Waals surface area contributed by atoms with Crippen molar-refractivity contribution < 1.29 is 14.3 Å². The Balaban J connectivity index is 1.62. The van der Waals surface area contributed by atoms with E-state index >= 15 is 0 Å². The first kappa shape index (κ1) is 20.1. The van der Waals surface area contributed by atoms with Crippen molar-refractivity contribution in [1.29, 1.82) is 0 Å². The number of methoxy groups -OCH3 is 2. The molecule has 7 nitrogen and oxygen atoms in total. The summed E-state index contributed by atoms with van der Waals surface area (Å²) in [7, 11) is 3.02. The molecule has 0 saturated carbocycles. The molecule has 1 aromatic heterocycles. The van der Waals surface area contributed by atoms with Crippen molar-refractivity contribution in [3.8, 4) is 5.75 Å². The average molecular weight is 392 g/mol. The smallest absolute Gasteiger partial charge is 0.337 e. The van der Waals surface area contributed by atoms with Crippen molar-refractivity contribution >= 4 is 23.4 Å². The van der Waals surface area contributed by atoms with Crippen LogP contribution in [0.2, 0.25) is 0 Å². The lowest BCUT2D eigenvalue weighted by molar-refractivity contribution is 0.0601. The van der Waals surface area contributed by atoms with Crippen LogP contribution in [0.4, 0.5) is 17.5 Å². The van der Waals surface area contributed by atoms with E-state index in [2.05, 4.69) is 26.7 Å². The predicted molar refractivity (Wildman–Crippen MR) is 113 cm³/mol. The quantitative estimate of drug-likeness (QED) is 0.561. The number of benzene rings is 2. The van der Waals surface area contributed by atoms with Crippen LogP contribution in [-0.4, -0.2) is 36.7 Å². The second-order valence-electron chi connectivity index (χ2n) is 6.44. The topological polar surface area (TPSA) is 85.4 Å². The summed E-state index contributed by atoms with van der Waals surface area (Å²) in [5.74, 6) is 1.71. The normalized spacial score (nSPS) is 10.3. The van der Waals surface area contributed by atoms with Crippen molar-refractivity contribution in [2.75, 3.05) is 31.4 Å². The van der Waals surface area contributed by atoms with Crippen LogP contribution in [0.3, 0.4) is 0 Å². The maximum Gasteiger partial charge on any atom is 0.337 e. The van der Waals surface area contributed by atoms with Crippen LogP contribution in [0.1, 0.15) is 21.6 Å². The highest BCUT2D eigenvalue weighted by atomic mass is 16.5. The molecule has 0 fully saturated rings. The lowest BCUT2D eigenvalue weighted by Crippen LogP contribution is -2.09. The Hall–Kier alpha value is -3.61. The molecule has 0 unspecified atom stereocenters. The van der Waals surface area contributed by atoms with Crippen molar-refractivity contribution in [3.05, 3.63) is 71.4 Å². The van der Waals surface area contributed by atoms with E-state index in [-0.39, 0.29) is 5.97 Å². The third-order valence-corrected chi connectivity index (χ3v) is 4.27. The molecule has 2 aromatic carbocycles. The van der Waals surface area contributed by atoms with Gasteiger partial charge >= 0.3 is 5.97 Å². The predicted octanol–water partition coefficient (Wildman–Crippen LogP) is 3.98. The van der Waals surface area contributed by atoms with E-state index in [1.807, 2.05) is 31.2 Å². The van der Waals surface area contributed by atoms with Gasteiger partial charge in [-0.1, -0.05) is 12.1 Å². The molecule has 0 amide bonds. The van der Waals surface area contributed by atoms with Crippen molar-refractivity contribution in [2.24, 2.45) is 0 Å². The molecule has 0 aliphatic heterocycles. The monoisotopic (exact) mass is 392 g/mol. The van der Waals surface area contributed by atoms with E-state index in [0.29, 0.717) is 11.5 Å². The maximum atomic E-state index is 11.5. The molecule has 3 aromatic rings. The third-order valence-electron chi connectivity index (χ3n) is 4.27. The molecule has 0 atom stereocenters. The van der Waals surface area contributed by atoms with Gasteiger partial charge in [-0.3, -0.25) is 0 Å². The molecule has 3 rings (SSSR count). The van der Waals surface area contributed by atoms with Crippen LogP contribution in [-0.2, 0) is 11.2 Å². The summed E-state index contributed by atoms with van der Waals surface area (Å²) in [6.07, 6.45) is 0.845. The molecular weight excluding hydrogens is 368 g/mol. The number of aryl methyl sites for hydroxylation is 1. The van der Waals surface area contributed by atoms with Crippen molar-refractivity contribution in [1.82, 2.24) is 9.97 Å². The molecule has 0 bridgehead atoms. The summed E-state index contributed by atoms with van der Waals surface area (Å²) in [6, 6.07) is 16.9. The molecule has 150 valence electrons. The van der Waals surface area contributed by atoms with Crippen LogP contribution in [0, 0.1) is 6.92 Å². The first-order valence-corrected chi connectivity index (χ1v) is 9.25. The van der Waals surface area contributed by atoms with Gasteiger partial charge in [-0.05, 0) is 55.3 Å². The van der Waals surface area contributed by atoms with Gasteiger partial charge in [0.15, 0.2) is 0 Å². The van der Waals surface area contributed by atoms with Gasteiger partial charge in [0.05, 0.1) is 19.8 Å². The molecule has 0 saturated heterocycles. The zero-order valence-electron chi connectivity index (χ0n) is 16.7. The Morgan fingerprint density at radius 1 is 1.03 bits per heavy atom. The van der Waals surface area contributed by atoms with Crippen molar-refractivity contribution in [2.45, 2.75) is 13.3 Å². The van der Waals surface area contributed by atoms with Crippen LogP contribution < -0.4 is 15.4 Å². The van der Waals surface area contributed by atoms with Gasteiger partial charge in [0.25, 0.3) is 0 Å². The highest BCUT2D eigenvalue weighted by Gasteiger charge is 2.06. The zero-order valence-corrected chi connectivity index (χ0v) is 16.7. The van der Waals surface area contributed by atoms with Crippen molar-refractivity contribution in [3.63, 3.8) is 0 Å². The fourth-order valence-electron chi connectivity index (χ4n) is 2.81. The SMILES string of the molecule is COC(=O)c1ccc(Nc2nc(C)cc(NCCc3cccc(OC)c3)n2)cc1. The molecule has 0 aliphatic carbocycles. The number of aromatic nitrogens is 2. The van der Waals surface area contributed by atoms with Gasteiger partial charge < -0.3 is 20.1 Å². The molecule has 0 radical (unpaired) electrons. The third kappa shape index (κ3) is 5.68. The zero-order chi connectivity index (χ0) is 20.6. The van der Waals surface area contributed by atoms with Crippen LogP contribution in [0.5, 0.6) is 5.75 Å². The van der Waals surface area contributed by atoms with Gasteiger partial charge in [-0.2, -0.15) is 4.98 Å². The van der Waals surface area contributed by atoms with Crippen LogP contribution >= 0.6 is 0 Å². The van der Waals surface area contributed by atoms with Gasteiger partial charge in [-0.25, -0.2) is 9.78 Å². The standard InChI is InChI=1S/C22H24N4O3/c1-15-13-20(23-12-11-16-5-4-6-19(14-16)28-2)26-22(24-15)25-18-9-7-17(8-10-18)21(27)29-3/h4-10,13-14H,11-12H2,1-3H3,(H2,23,24,25,26). The van der Waals surface area contributed by atoms with Crippen LogP contribution in [0.25, 0.3) is 0 Å². The highest BCUT2D eigenvalue weighted by molar-refractivity contribution is 5.89. The Morgan fingerprint density at radius 3 is 2.55 bits per heavy atom. The number of ether oxygens (including phenoxy) is 2. The number of carbonyl (C=O) groups excluding carboxylic acids is 1. The second kappa shape index (κ2) is 9.54. The van der Waals surface area contributed by atoms with Gasteiger partial charge in [0.1, 0.15) is 11.6 Å². The summed E-state index contributed by atoms with van der Waals surface area (Å²) < 4.78 is 9.97. The minimum atomic E-state index is -0.370. The minimum absolute atomic E-state index is 0.370. The lowest BCUT2D eigenvalue weighted by atomic mass is 10.1. The molecule has 29 heavy (non-hydrogen) atoms. The number of anilines is 3. The van der Waals surface area contributed by atoms with E-state index in [1.165, 1.54) is 12.7 Å². The van der Waals surface area contributed by atoms with Gasteiger partial charge in [0, 0.05) is 24.0 Å². The number of nitrogens with one attached hydrogen (secondary N) is 2. The Morgan fingerprint density at radius 2 is 1.83 bits per heavy atom. The van der Waals surface area contributed by atoms with E-state index in [4.69, 9.17) is 9.47 Å². The summed E-state index contributed by atoms with van der Waals surface area (Å²) in [5.41, 5.74) is 3.30. The highest BCUT2D eigenvalue weighted by Crippen LogP contribution is 2.17. The summed E-state index contributed by atoms with van der Waals surface area (Å²) in [5, 5.41) is 6.50. The summed E-state index contributed by atoms with van der Waals surface area (Å²) in [6.45, 7) is 2.65. The fourth-order valence-corrected chi connectivity index (χ4v) is 2.81. The first-order chi connectivity index (χ1) is 14.1. The second-order valence-corrected chi connectivity index (χ2v) is 6.44. The van der Waals surface area contributed by atoms with Gasteiger partial charge in [-0.15, -0.1) is 0 Å². The van der Waals surface area contributed by atoms with Crippen LogP contribution in [0.15, 0.2) is 54.6 Å². The molecular formula is C22H24N4O3. The summed E-state index contributed by atoms with van der Waals surface area (Å²) in [4.78, 5) is 20.5. The molecule has 1 heterocycles. The molecule has 0 aliphatic rings. The number of esters is 1. The number of rotatable bonds is 8. The van der Waals surface area contributed by atoms with E-state index in [1.54, 1.807) is 31.4 Å². The average Bonchev–Trinajstić information content (AvgIpc) is 2.73. The minimum Gasteiger partial charge on any atom is -0.497 e. The Labute approximate surface area is 170 Å². The van der Waals surface area contributed by atoms with E-state index < -0.39 is 0 Å². The number of nitrogens with zero attached hydrogens (tertiary/aromatic N) is 2. The lowest BCUT2D eigenvalue weighted by Gasteiger charge is -2.11.